The number of anilines is 1. The first-order valence-corrected chi connectivity index (χ1v) is 6.91. The average Bonchev–Trinajstić information content (AvgIpc) is 2.89. The van der Waals surface area contributed by atoms with Crippen molar-refractivity contribution in [3.8, 4) is 0 Å². The van der Waals surface area contributed by atoms with E-state index in [9.17, 15) is 9.18 Å². The Morgan fingerprint density at radius 1 is 1.18 bits per heavy atom. The summed E-state index contributed by atoms with van der Waals surface area (Å²) >= 11 is 5.77. The number of urea groups is 1. The van der Waals surface area contributed by atoms with Crippen LogP contribution < -0.4 is 10.6 Å². The summed E-state index contributed by atoms with van der Waals surface area (Å²) in [4.78, 5) is 16.1. The van der Waals surface area contributed by atoms with Crippen LogP contribution in [0.15, 0.2) is 48.8 Å². The number of rotatable bonds is 3. The minimum atomic E-state index is -0.356. The van der Waals surface area contributed by atoms with Crippen molar-refractivity contribution in [2.24, 2.45) is 0 Å². The van der Waals surface area contributed by atoms with Gasteiger partial charge in [0.15, 0.2) is 0 Å². The number of hydrogen-bond acceptors (Lipinski definition) is 2. The number of amides is 2. The summed E-state index contributed by atoms with van der Waals surface area (Å²) in [5.41, 5.74) is 1.90. The van der Waals surface area contributed by atoms with Crippen molar-refractivity contribution in [3.63, 3.8) is 0 Å². The number of pyridine rings is 1. The normalized spacial score (nSPS) is 10.6. The van der Waals surface area contributed by atoms with Gasteiger partial charge in [-0.3, -0.25) is 0 Å². The first-order chi connectivity index (χ1) is 10.6. The maximum absolute atomic E-state index is 13.1. The fraction of sp³-hybridized carbons (Fsp3) is 0.0667. The highest BCUT2D eigenvalue weighted by atomic mass is 35.5. The third kappa shape index (κ3) is 3.35. The minimum absolute atomic E-state index is 0.239. The first kappa shape index (κ1) is 14.3. The largest absolute Gasteiger partial charge is 0.332 e. The minimum Gasteiger partial charge on any atom is -0.332 e. The Morgan fingerprint density at radius 3 is 2.73 bits per heavy atom. The molecule has 3 rings (SSSR count). The number of carbonyl (C=O) groups is 1. The van der Waals surface area contributed by atoms with E-state index in [0.29, 0.717) is 22.1 Å². The van der Waals surface area contributed by atoms with Crippen LogP contribution in [0.1, 0.15) is 5.69 Å². The molecule has 22 heavy (non-hydrogen) atoms. The van der Waals surface area contributed by atoms with Crippen molar-refractivity contribution < 1.29 is 9.18 Å². The van der Waals surface area contributed by atoms with Gasteiger partial charge in [-0.05, 0) is 36.4 Å². The van der Waals surface area contributed by atoms with Crippen molar-refractivity contribution in [1.82, 2.24) is 14.7 Å². The molecule has 2 aromatic heterocycles. The number of halogens is 2. The van der Waals surface area contributed by atoms with Crippen molar-refractivity contribution in [1.29, 1.82) is 0 Å². The summed E-state index contributed by atoms with van der Waals surface area (Å²) in [6.45, 7) is 0.239. The molecule has 0 unspecified atom stereocenters. The Morgan fingerprint density at radius 2 is 1.95 bits per heavy atom. The number of nitrogens with one attached hydrogen (secondary N) is 2. The van der Waals surface area contributed by atoms with E-state index >= 15 is 0 Å². The Balaban J connectivity index is 1.61. The number of carbonyl (C=O) groups excluding carboxylic acids is 1. The summed E-state index contributed by atoms with van der Waals surface area (Å²) < 4.78 is 14.7. The van der Waals surface area contributed by atoms with Crippen LogP contribution in [0.4, 0.5) is 14.9 Å². The number of aromatic nitrogens is 2. The third-order valence-electron chi connectivity index (χ3n) is 3.00. The van der Waals surface area contributed by atoms with Gasteiger partial charge in [0.05, 0.1) is 12.2 Å². The molecular formula is C15H12ClFN4O. The van der Waals surface area contributed by atoms with Gasteiger partial charge in [0, 0.05) is 23.1 Å². The summed E-state index contributed by atoms with van der Waals surface area (Å²) in [7, 11) is 0. The maximum atomic E-state index is 13.1. The van der Waals surface area contributed by atoms with E-state index in [-0.39, 0.29) is 18.4 Å². The fourth-order valence-corrected chi connectivity index (χ4v) is 2.11. The van der Waals surface area contributed by atoms with E-state index in [1.165, 1.54) is 12.3 Å². The molecule has 0 saturated heterocycles. The summed E-state index contributed by atoms with van der Waals surface area (Å²) in [5, 5.41) is 5.96. The highest BCUT2D eigenvalue weighted by molar-refractivity contribution is 6.30. The van der Waals surface area contributed by atoms with Gasteiger partial charge >= 0.3 is 6.03 Å². The van der Waals surface area contributed by atoms with Crippen LogP contribution in [0.5, 0.6) is 0 Å². The van der Waals surface area contributed by atoms with Crippen LogP contribution in [0.25, 0.3) is 5.65 Å². The van der Waals surface area contributed by atoms with Gasteiger partial charge in [0.25, 0.3) is 0 Å². The number of benzene rings is 1. The lowest BCUT2D eigenvalue weighted by atomic mass is 10.3. The SMILES string of the molecule is O=C(NCc1cn2cc(F)ccc2n1)Nc1ccc(Cl)cc1. The van der Waals surface area contributed by atoms with Gasteiger partial charge in [-0.15, -0.1) is 0 Å². The van der Waals surface area contributed by atoms with Gasteiger partial charge in [-0.2, -0.15) is 0 Å². The van der Waals surface area contributed by atoms with Gasteiger partial charge in [-0.25, -0.2) is 14.2 Å². The second-order valence-electron chi connectivity index (χ2n) is 4.66. The molecule has 0 fully saturated rings. The van der Waals surface area contributed by atoms with Crippen LogP contribution in [0, 0.1) is 5.82 Å². The smallest absolute Gasteiger partial charge is 0.319 e. The molecular weight excluding hydrogens is 307 g/mol. The molecule has 112 valence electrons. The van der Waals surface area contributed by atoms with Gasteiger partial charge < -0.3 is 15.0 Å². The molecule has 7 heteroatoms. The molecule has 3 aromatic rings. The molecule has 5 nitrogen and oxygen atoms in total. The van der Waals surface area contributed by atoms with E-state index in [1.54, 1.807) is 40.9 Å². The van der Waals surface area contributed by atoms with Crippen molar-refractivity contribution in [2.45, 2.75) is 6.54 Å². The van der Waals surface area contributed by atoms with Crippen LogP contribution in [0.3, 0.4) is 0 Å². The van der Waals surface area contributed by atoms with Crippen LogP contribution in [-0.2, 0) is 6.54 Å². The third-order valence-corrected chi connectivity index (χ3v) is 3.25. The van der Waals surface area contributed by atoms with Crippen LogP contribution in [0.2, 0.25) is 5.02 Å². The first-order valence-electron chi connectivity index (χ1n) is 6.54. The lowest BCUT2D eigenvalue weighted by Gasteiger charge is -2.06. The van der Waals surface area contributed by atoms with Crippen molar-refractivity contribution in [3.05, 3.63) is 65.3 Å². The molecule has 0 radical (unpaired) electrons. The monoisotopic (exact) mass is 318 g/mol. The standard InChI is InChI=1S/C15H12ClFN4O/c16-10-1-4-12(5-2-10)20-15(22)18-7-13-9-21-8-11(17)3-6-14(21)19-13/h1-6,8-9H,7H2,(H2,18,20,22). The number of hydrogen-bond donors (Lipinski definition) is 2. The van der Waals surface area contributed by atoms with Gasteiger partial charge in [0.2, 0.25) is 0 Å². The van der Waals surface area contributed by atoms with Crippen LogP contribution in [-0.4, -0.2) is 15.4 Å². The van der Waals surface area contributed by atoms with E-state index in [2.05, 4.69) is 15.6 Å². The Bertz CT molecular complexity index is 816. The molecule has 2 heterocycles. The zero-order valence-corrected chi connectivity index (χ0v) is 12.1. The van der Waals surface area contributed by atoms with Crippen LogP contribution >= 0.6 is 11.6 Å². The average molecular weight is 319 g/mol. The van der Waals surface area contributed by atoms with Gasteiger partial charge in [0.1, 0.15) is 11.5 Å². The van der Waals surface area contributed by atoms with Crippen molar-refractivity contribution in [2.75, 3.05) is 5.32 Å². The zero-order chi connectivity index (χ0) is 15.5. The molecule has 1 aromatic carbocycles. The molecule has 0 aliphatic rings. The molecule has 0 atom stereocenters. The molecule has 0 saturated carbocycles. The predicted molar refractivity (Wildman–Crippen MR) is 82.5 cm³/mol. The highest BCUT2D eigenvalue weighted by Gasteiger charge is 2.05. The number of nitrogens with zero attached hydrogens (tertiary/aromatic N) is 2. The van der Waals surface area contributed by atoms with E-state index < -0.39 is 0 Å². The number of fused-ring (bicyclic) bond motifs is 1. The topological polar surface area (TPSA) is 58.4 Å². The fourth-order valence-electron chi connectivity index (χ4n) is 1.98. The molecule has 0 aliphatic carbocycles. The quantitative estimate of drug-likeness (QED) is 0.777. The second kappa shape index (κ2) is 6.03. The lowest BCUT2D eigenvalue weighted by Crippen LogP contribution is -2.28. The predicted octanol–water partition coefficient (Wildman–Crippen LogP) is 3.45. The molecule has 2 amide bonds. The van der Waals surface area contributed by atoms with Crippen molar-refractivity contribution >= 4 is 29.0 Å². The van der Waals surface area contributed by atoms with E-state index in [0.717, 1.165) is 0 Å². The molecule has 0 spiro atoms. The Labute approximate surface area is 130 Å². The summed E-state index contributed by atoms with van der Waals surface area (Å²) in [6.07, 6.45) is 3.00. The second-order valence-corrected chi connectivity index (χ2v) is 5.10. The summed E-state index contributed by atoms with van der Waals surface area (Å²) in [5.74, 6) is -0.343. The van der Waals surface area contributed by atoms with E-state index in [1.807, 2.05) is 0 Å². The van der Waals surface area contributed by atoms with Gasteiger partial charge in [-0.1, -0.05) is 11.6 Å². The highest BCUT2D eigenvalue weighted by Crippen LogP contribution is 2.13. The molecule has 0 bridgehead atoms. The summed E-state index contributed by atoms with van der Waals surface area (Å²) in [6, 6.07) is 9.34. The lowest BCUT2D eigenvalue weighted by molar-refractivity contribution is 0.251. The Kier molecular flexibility index (Phi) is 3.93. The zero-order valence-electron chi connectivity index (χ0n) is 11.4. The van der Waals surface area contributed by atoms with E-state index in [4.69, 9.17) is 11.6 Å². The number of imidazole rings is 1. The molecule has 2 N–H and O–H groups in total. The Hall–Kier alpha value is -2.60. The maximum Gasteiger partial charge on any atom is 0.319 e. The molecule has 0 aliphatic heterocycles.